The summed E-state index contributed by atoms with van der Waals surface area (Å²) in [6.07, 6.45) is 3.11. The van der Waals surface area contributed by atoms with Crippen LogP contribution in [0, 0.1) is 0 Å². The SMILES string of the molecule is CCn1ncnc1CC(N)Cc1cccc(OC)c1. The van der Waals surface area contributed by atoms with Gasteiger partial charge in [-0.15, -0.1) is 0 Å². The molecule has 0 bridgehead atoms. The summed E-state index contributed by atoms with van der Waals surface area (Å²) in [5.74, 6) is 1.80. The number of benzene rings is 1. The quantitative estimate of drug-likeness (QED) is 0.853. The zero-order chi connectivity index (χ0) is 13.7. The van der Waals surface area contributed by atoms with E-state index in [0.717, 1.165) is 31.0 Å². The molecular formula is C14H20N4O. The second-order valence-corrected chi connectivity index (χ2v) is 4.51. The second-order valence-electron chi connectivity index (χ2n) is 4.51. The third kappa shape index (κ3) is 3.54. The number of rotatable bonds is 6. The Morgan fingerprint density at radius 2 is 2.21 bits per heavy atom. The highest BCUT2D eigenvalue weighted by Gasteiger charge is 2.10. The van der Waals surface area contributed by atoms with Gasteiger partial charge >= 0.3 is 0 Å². The minimum atomic E-state index is 0.0293. The van der Waals surface area contributed by atoms with Gasteiger partial charge < -0.3 is 10.5 Å². The molecule has 0 aliphatic rings. The first-order valence-corrected chi connectivity index (χ1v) is 6.48. The fourth-order valence-electron chi connectivity index (χ4n) is 2.12. The first-order chi connectivity index (χ1) is 9.22. The first-order valence-electron chi connectivity index (χ1n) is 6.48. The summed E-state index contributed by atoms with van der Waals surface area (Å²) in [5.41, 5.74) is 7.37. The Morgan fingerprint density at radius 1 is 1.37 bits per heavy atom. The van der Waals surface area contributed by atoms with Crippen molar-refractivity contribution in [1.82, 2.24) is 14.8 Å². The van der Waals surface area contributed by atoms with Gasteiger partial charge in [-0.2, -0.15) is 5.10 Å². The molecule has 5 nitrogen and oxygen atoms in total. The summed E-state index contributed by atoms with van der Waals surface area (Å²) < 4.78 is 7.09. The molecule has 0 amide bonds. The Kier molecular flexibility index (Phi) is 4.52. The van der Waals surface area contributed by atoms with Crippen molar-refractivity contribution in [3.63, 3.8) is 0 Å². The Balaban J connectivity index is 1.99. The van der Waals surface area contributed by atoms with Crippen LogP contribution in [0.1, 0.15) is 18.3 Å². The number of aryl methyl sites for hydroxylation is 1. The normalized spacial score (nSPS) is 12.4. The number of aromatic nitrogens is 3. The summed E-state index contributed by atoms with van der Waals surface area (Å²) >= 11 is 0. The maximum atomic E-state index is 6.19. The lowest BCUT2D eigenvalue weighted by molar-refractivity contribution is 0.414. The first kappa shape index (κ1) is 13.5. The molecule has 1 aromatic carbocycles. The zero-order valence-electron chi connectivity index (χ0n) is 11.4. The maximum absolute atomic E-state index is 6.19. The number of methoxy groups -OCH3 is 1. The van der Waals surface area contributed by atoms with Crippen LogP contribution in [0.15, 0.2) is 30.6 Å². The van der Waals surface area contributed by atoms with E-state index in [1.165, 1.54) is 5.56 Å². The average molecular weight is 260 g/mol. The number of nitrogens with zero attached hydrogens (tertiary/aromatic N) is 3. The van der Waals surface area contributed by atoms with Crippen molar-refractivity contribution in [2.24, 2.45) is 5.73 Å². The molecule has 1 atom stereocenters. The van der Waals surface area contributed by atoms with E-state index in [9.17, 15) is 0 Å². The number of hydrogen-bond acceptors (Lipinski definition) is 4. The van der Waals surface area contributed by atoms with Crippen molar-refractivity contribution < 1.29 is 4.74 Å². The van der Waals surface area contributed by atoms with E-state index in [0.29, 0.717) is 0 Å². The van der Waals surface area contributed by atoms with Crippen LogP contribution in [0.3, 0.4) is 0 Å². The Morgan fingerprint density at radius 3 is 2.95 bits per heavy atom. The van der Waals surface area contributed by atoms with Crippen LogP contribution >= 0.6 is 0 Å². The van der Waals surface area contributed by atoms with Crippen molar-refractivity contribution in [2.75, 3.05) is 7.11 Å². The van der Waals surface area contributed by atoms with Gasteiger partial charge in [0.05, 0.1) is 7.11 Å². The van der Waals surface area contributed by atoms with Crippen LogP contribution in [0.5, 0.6) is 5.75 Å². The molecule has 1 heterocycles. The predicted molar refractivity (Wildman–Crippen MR) is 74.1 cm³/mol. The van der Waals surface area contributed by atoms with Crippen molar-refractivity contribution in [1.29, 1.82) is 0 Å². The minimum Gasteiger partial charge on any atom is -0.497 e. The van der Waals surface area contributed by atoms with Gasteiger partial charge in [-0.05, 0) is 31.0 Å². The van der Waals surface area contributed by atoms with Crippen LogP contribution in [0.4, 0.5) is 0 Å². The van der Waals surface area contributed by atoms with Crippen LogP contribution in [0.2, 0.25) is 0 Å². The van der Waals surface area contributed by atoms with E-state index in [1.54, 1.807) is 13.4 Å². The number of hydrogen-bond donors (Lipinski definition) is 1. The molecule has 0 fully saturated rings. The standard InChI is InChI=1S/C14H20N4O/c1-3-18-14(16-10-17-18)9-12(15)7-11-5-4-6-13(8-11)19-2/h4-6,8,10,12H,3,7,9,15H2,1-2H3. The molecular weight excluding hydrogens is 240 g/mol. The molecule has 19 heavy (non-hydrogen) atoms. The monoisotopic (exact) mass is 260 g/mol. The summed E-state index contributed by atoms with van der Waals surface area (Å²) in [7, 11) is 1.67. The lowest BCUT2D eigenvalue weighted by atomic mass is 10.0. The summed E-state index contributed by atoms with van der Waals surface area (Å²) in [6.45, 7) is 2.87. The van der Waals surface area contributed by atoms with Gasteiger partial charge in [-0.25, -0.2) is 4.98 Å². The average Bonchev–Trinajstić information content (AvgIpc) is 2.86. The van der Waals surface area contributed by atoms with Gasteiger partial charge in [0.25, 0.3) is 0 Å². The highest BCUT2D eigenvalue weighted by Crippen LogP contribution is 2.14. The lowest BCUT2D eigenvalue weighted by Crippen LogP contribution is -2.27. The van der Waals surface area contributed by atoms with Crippen LogP contribution in [-0.2, 0) is 19.4 Å². The fraction of sp³-hybridized carbons (Fsp3) is 0.429. The molecule has 0 radical (unpaired) electrons. The van der Waals surface area contributed by atoms with E-state index < -0.39 is 0 Å². The smallest absolute Gasteiger partial charge is 0.138 e. The van der Waals surface area contributed by atoms with Crippen LogP contribution in [-0.4, -0.2) is 27.9 Å². The molecule has 0 aliphatic carbocycles. The Hall–Kier alpha value is -1.88. The molecule has 102 valence electrons. The van der Waals surface area contributed by atoms with E-state index >= 15 is 0 Å². The van der Waals surface area contributed by atoms with Crippen LogP contribution < -0.4 is 10.5 Å². The van der Waals surface area contributed by atoms with Gasteiger partial charge in [-0.1, -0.05) is 12.1 Å². The van der Waals surface area contributed by atoms with Gasteiger partial charge in [-0.3, -0.25) is 4.68 Å². The fourth-order valence-corrected chi connectivity index (χ4v) is 2.12. The van der Waals surface area contributed by atoms with Gasteiger partial charge in [0.1, 0.15) is 17.9 Å². The van der Waals surface area contributed by atoms with Gasteiger partial charge in [0.15, 0.2) is 0 Å². The Labute approximate surface area is 113 Å². The van der Waals surface area contributed by atoms with E-state index in [1.807, 2.05) is 29.8 Å². The Bertz CT molecular complexity index is 524. The molecule has 1 unspecified atom stereocenters. The topological polar surface area (TPSA) is 66.0 Å². The van der Waals surface area contributed by atoms with Crippen molar-refractivity contribution in [3.05, 3.63) is 42.0 Å². The molecule has 2 N–H and O–H groups in total. The van der Waals surface area contributed by atoms with E-state index in [2.05, 4.69) is 16.1 Å². The minimum absolute atomic E-state index is 0.0293. The number of nitrogens with two attached hydrogens (primary N) is 1. The molecule has 5 heteroatoms. The van der Waals surface area contributed by atoms with Gasteiger partial charge in [0.2, 0.25) is 0 Å². The zero-order valence-corrected chi connectivity index (χ0v) is 11.4. The molecule has 2 rings (SSSR count). The molecule has 0 spiro atoms. The summed E-state index contributed by atoms with van der Waals surface area (Å²) in [5, 5.41) is 4.15. The molecule has 0 saturated carbocycles. The lowest BCUT2D eigenvalue weighted by Gasteiger charge is -2.12. The second kappa shape index (κ2) is 6.33. The van der Waals surface area contributed by atoms with Crippen molar-refractivity contribution in [3.8, 4) is 5.75 Å². The van der Waals surface area contributed by atoms with Gasteiger partial charge in [0, 0.05) is 19.0 Å². The third-order valence-electron chi connectivity index (χ3n) is 3.07. The van der Waals surface area contributed by atoms with Crippen molar-refractivity contribution in [2.45, 2.75) is 32.4 Å². The predicted octanol–water partition coefficient (Wildman–Crippen LogP) is 1.42. The molecule has 0 saturated heterocycles. The summed E-state index contributed by atoms with van der Waals surface area (Å²) in [6, 6.07) is 8.02. The summed E-state index contributed by atoms with van der Waals surface area (Å²) in [4.78, 5) is 4.25. The van der Waals surface area contributed by atoms with E-state index in [-0.39, 0.29) is 6.04 Å². The third-order valence-corrected chi connectivity index (χ3v) is 3.07. The largest absolute Gasteiger partial charge is 0.497 e. The van der Waals surface area contributed by atoms with E-state index in [4.69, 9.17) is 10.5 Å². The molecule has 0 aliphatic heterocycles. The maximum Gasteiger partial charge on any atom is 0.138 e. The van der Waals surface area contributed by atoms with Crippen LogP contribution in [0.25, 0.3) is 0 Å². The highest BCUT2D eigenvalue weighted by atomic mass is 16.5. The van der Waals surface area contributed by atoms with Crippen molar-refractivity contribution >= 4 is 0 Å². The highest BCUT2D eigenvalue weighted by molar-refractivity contribution is 5.29. The molecule has 1 aromatic heterocycles. The number of ether oxygens (including phenoxy) is 1. The molecule has 2 aromatic rings.